The van der Waals surface area contributed by atoms with Crippen LogP contribution in [0.2, 0.25) is 0 Å². The van der Waals surface area contributed by atoms with E-state index in [-0.39, 0.29) is 5.91 Å². The highest BCUT2D eigenvalue weighted by molar-refractivity contribution is 7.98. The molecule has 1 aliphatic rings. The predicted octanol–water partition coefficient (Wildman–Crippen LogP) is 5.14. The summed E-state index contributed by atoms with van der Waals surface area (Å²) >= 11 is 3.41. The van der Waals surface area contributed by atoms with Crippen LogP contribution < -0.4 is 10.2 Å². The Morgan fingerprint density at radius 2 is 1.77 bits per heavy atom. The first-order valence-corrected chi connectivity index (χ1v) is 12.5. The number of thiazole rings is 1. The minimum atomic E-state index is -0.0870. The van der Waals surface area contributed by atoms with Crippen LogP contribution in [-0.2, 0) is 5.75 Å². The molecule has 0 radical (unpaired) electrons. The van der Waals surface area contributed by atoms with E-state index in [4.69, 9.17) is 0 Å². The number of rotatable bonds is 7. The van der Waals surface area contributed by atoms with Gasteiger partial charge in [0.15, 0.2) is 0 Å². The van der Waals surface area contributed by atoms with Crippen molar-refractivity contribution in [2.75, 3.05) is 42.9 Å². The first-order valence-electron chi connectivity index (χ1n) is 10.6. The zero-order valence-corrected chi connectivity index (χ0v) is 19.6. The Balaban J connectivity index is 1.29. The zero-order chi connectivity index (χ0) is 21.6. The van der Waals surface area contributed by atoms with Crippen molar-refractivity contribution in [1.29, 1.82) is 0 Å². The third-order valence-electron chi connectivity index (χ3n) is 5.48. The number of piperazine rings is 1. The molecule has 0 bridgehead atoms. The van der Waals surface area contributed by atoms with Crippen molar-refractivity contribution in [2.24, 2.45) is 0 Å². The third-order valence-corrected chi connectivity index (χ3v) is 7.35. The van der Waals surface area contributed by atoms with Crippen LogP contribution in [0, 0.1) is 6.92 Å². The van der Waals surface area contributed by atoms with E-state index in [0.717, 1.165) is 59.8 Å². The quantitative estimate of drug-likeness (QED) is 0.503. The molecule has 1 aliphatic heterocycles. The maximum atomic E-state index is 12.6. The summed E-state index contributed by atoms with van der Waals surface area (Å²) in [6.45, 7) is 9.65. The Hall–Kier alpha value is -2.35. The maximum absolute atomic E-state index is 12.6. The number of hydrogen-bond acceptors (Lipinski definition) is 6. The molecule has 7 heteroatoms. The predicted molar refractivity (Wildman–Crippen MR) is 132 cm³/mol. The molecule has 0 aliphatic carbocycles. The van der Waals surface area contributed by atoms with Gasteiger partial charge < -0.3 is 15.1 Å². The number of likely N-dealkylation sites (N-methyl/N-ethyl adjacent to an activating group) is 1. The Bertz CT molecular complexity index is 993. The van der Waals surface area contributed by atoms with E-state index in [1.165, 1.54) is 5.69 Å². The number of anilines is 2. The molecular formula is C24H28N4OS2. The second-order valence-electron chi connectivity index (χ2n) is 7.59. The molecule has 1 aromatic heterocycles. The van der Waals surface area contributed by atoms with Crippen LogP contribution in [0.3, 0.4) is 0 Å². The van der Waals surface area contributed by atoms with Crippen LogP contribution in [0.1, 0.15) is 28.0 Å². The van der Waals surface area contributed by atoms with Gasteiger partial charge in [0.2, 0.25) is 0 Å². The van der Waals surface area contributed by atoms with E-state index in [9.17, 15) is 4.79 Å². The number of hydrogen-bond donors (Lipinski definition) is 1. The van der Waals surface area contributed by atoms with Crippen LogP contribution in [0.4, 0.5) is 11.4 Å². The molecular weight excluding hydrogens is 424 g/mol. The SMILES string of the molecule is CCN1CCN(c2ccc(NC(=O)c3ccc(SCc4csc(C)n4)cc3)cc2)CC1. The lowest BCUT2D eigenvalue weighted by Crippen LogP contribution is -2.46. The number of benzene rings is 2. The molecule has 1 fully saturated rings. The molecule has 2 aromatic carbocycles. The van der Waals surface area contributed by atoms with Crippen molar-refractivity contribution >= 4 is 40.4 Å². The molecule has 0 saturated carbocycles. The van der Waals surface area contributed by atoms with Crippen molar-refractivity contribution in [3.63, 3.8) is 0 Å². The van der Waals surface area contributed by atoms with Gasteiger partial charge in [-0.05, 0) is 62.0 Å². The summed E-state index contributed by atoms with van der Waals surface area (Å²) in [7, 11) is 0. The molecule has 1 N–H and O–H groups in total. The Morgan fingerprint density at radius 3 is 2.39 bits per heavy atom. The second kappa shape index (κ2) is 10.3. The summed E-state index contributed by atoms with van der Waals surface area (Å²) in [5, 5.41) is 6.19. The highest BCUT2D eigenvalue weighted by Gasteiger charge is 2.16. The fourth-order valence-electron chi connectivity index (χ4n) is 3.62. The van der Waals surface area contributed by atoms with Crippen molar-refractivity contribution in [1.82, 2.24) is 9.88 Å². The van der Waals surface area contributed by atoms with Gasteiger partial charge in [-0.15, -0.1) is 23.1 Å². The number of aryl methyl sites for hydroxylation is 1. The molecule has 1 amide bonds. The van der Waals surface area contributed by atoms with Gasteiger partial charge in [-0.1, -0.05) is 6.92 Å². The van der Waals surface area contributed by atoms with Gasteiger partial charge in [0.25, 0.3) is 5.91 Å². The topological polar surface area (TPSA) is 48.5 Å². The lowest BCUT2D eigenvalue weighted by atomic mass is 10.2. The van der Waals surface area contributed by atoms with E-state index in [1.807, 2.05) is 43.3 Å². The van der Waals surface area contributed by atoms with Crippen molar-refractivity contribution in [3.8, 4) is 0 Å². The standard InChI is InChI=1S/C24H28N4OS2/c1-3-27-12-14-28(15-13-27)22-8-6-20(7-9-22)26-24(29)19-4-10-23(11-5-19)31-17-21-16-30-18(2)25-21/h4-11,16H,3,12-15,17H2,1-2H3,(H,26,29). The molecule has 3 aromatic rings. The number of carbonyl (C=O) groups is 1. The fourth-order valence-corrected chi connectivity index (χ4v) is 5.12. The molecule has 31 heavy (non-hydrogen) atoms. The summed E-state index contributed by atoms with van der Waals surface area (Å²) < 4.78 is 0. The van der Waals surface area contributed by atoms with E-state index in [0.29, 0.717) is 5.56 Å². The largest absolute Gasteiger partial charge is 0.369 e. The molecule has 5 nitrogen and oxygen atoms in total. The van der Waals surface area contributed by atoms with Gasteiger partial charge in [0, 0.05) is 59.1 Å². The zero-order valence-electron chi connectivity index (χ0n) is 18.0. The minimum Gasteiger partial charge on any atom is -0.369 e. The first kappa shape index (κ1) is 21.9. The van der Waals surface area contributed by atoms with E-state index >= 15 is 0 Å². The number of aromatic nitrogens is 1. The molecule has 2 heterocycles. The second-order valence-corrected chi connectivity index (χ2v) is 9.70. The molecule has 162 valence electrons. The highest BCUT2D eigenvalue weighted by Crippen LogP contribution is 2.24. The molecule has 1 saturated heterocycles. The maximum Gasteiger partial charge on any atom is 0.255 e. The average molecular weight is 453 g/mol. The van der Waals surface area contributed by atoms with Crippen LogP contribution in [0.25, 0.3) is 0 Å². The van der Waals surface area contributed by atoms with Crippen LogP contribution in [-0.4, -0.2) is 48.5 Å². The van der Waals surface area contributed by atoms with E-state index in [2.05, 4.69) is 44.5 Å². The molecule has 0 unspecified atom stereocenters. The monoisotopic (exact) mass is 452 g/mol. The Labute approximate surface area is 192 Å². The summed E-state index contributed by atoms with van der Waals surface area (Å²) in [5.74, 6) is 0.756. The van der Waals surface area contributed by atoms with E-state index in [1.54, 1.807) is 23.1 Å². The summed E-state index contributed by atoms with van der Waals surface area (Å²) in [5.41, 5.74) is 3.79. The van der Waals surface area contributed by atoms with Gasteiger partial charge in [-0.3, -0.25) is 4.79 Å². The van der Waals surface area contributed by atoms with Gasteiger partial charge >= 0.3 is 0 Å². The minimum absolute atomic E-state index is 0.0870. The van der Waals surface area contributed by atoms with Gasteiger partial charge in [0.05, 0.1) is 10.7 Å². The fraction of sp³-hybridized carbons (Fsp3) is 0.333. The molecule has 0 atom stereocenters. The number of nitrogens with one attached hydrogen (secondary N) is 1. The highest BCUT2D eigenvalue weighted by atomic mass is 32.2. The van der Waals surface area contributed by atoms with E-state index < -0.39 is 0 Å². The van der Waals surface area contributed by atoms with Crippen molar-refractivity contribution < 1.29 is 4.79 Å². The average Bonchev–Trinajstić information content (AvgIpc) is 3.23. The summed E-state index contributed by atoms with van der Waals surface area (Å²) in [6.07, 6.45) is 0. The number of thioether (sulfide) groups is 1. The first-order chi connectivity index (χ1) is 15.1. The van der Waals surface area contributed by atoms with Crippen molar-refractivity contribution in [3.05, 3.63) is 70.2 Å². The number of carbonyl (C=O) groups excluding carboxylic acids is 1. The van der Waals surface area contributed by atoms with Crippen LogP contribution in [0.5, 0.6) is 0 Å². The third kappa shape index (κ3) is 5.87. The van der Waals surface area contributed by atoms with Crippen LogP contribution >= 0.6 is 23.1 Å². The summed E-state index contributed by atoms with van der Waals surface area (Å²) in [6, 6.07) is 15.9. The number of nitrogens with zero attached hydrogens (tertiary/aromatic N) is 3. The Kier molecular flexibility index (Phi) is 7.27. The summed E-state index contributed by atoms with van der Waals surface area (Å²) in [4.78, 5) is 23.1. The molecule has 0 spiro atoms. The molecule has 4 rings (SSSR count). The van der Waals surface area contributed by atoms with Gasteiger partial charge in [0.1, 0.15) is 0 Å². The van der Waals surface area contributed by atoms with Crippen molar-refractivity contribution in [2.45, 2.75) is 24.5 Å². The lowest BCUT2D eigenvalue weighted by molar-refractivity contribution is 0.102. The number of amides is 1. The normalized spacial score (nSPS) is 14.6. The van der Waals surface area contributed by atoms with Gasteiger partial charge in [-0.2, -0.15) is 0 Å². The van der Waals surface area contributed by atoms with Gasteiger partial charge in [-0.25, -0.2) is 4.98 Å². The van der Waals surface area contributed by atoms with Crippen LogP contribution in [0.15, 0.2) is 58.8 Å². The lowest BCUT2D eigenvalue weighted by Gasteiger charge is -2.35. The smallest absolute Gasteiger partial charge is 0.255 e. The Morgan fingerprint density at radius 1 is 1.06 bits per heavy atom.